The molecule has 1 aliphatic rings. The summed E-state index contributed by atoms with van der Waals surface area (Å²) in [6.45, 7) is 5.69. The van der Waals surface area contributed by atoms with E-state index < -0.39 is 0 Å². The van der Waals surface area contributed by atoms with Crippen LogP contribution in [0.3, 0.4) is 0 Å². The molecule has 2 rings (SSSR count). The van der Waals surface area contributed by atoms with Gasteiger partial charge in [-0.1, -0.05) is 19.1 Å². The first-order chi connectivity index (χ1) is 10.1. The molecule has 1 saturated heterocycles. The van der Waals surface area contributed by atoms with Crippen molar-refractivity contribution in [3.8, 4) is 0 Å². The number of piperazine rings is 1. The Kier molecular flexibility index (Phi) is 5.70. The van der Waals surface area contributed by atoms with Crippen LogP contribution in [0.25, 0.3) is 0 Å². The average Bonchev–Trinajstić information content (AvgIpc) is 2.49. The molecule has 1 fully saturated rings. The number of ether oxygens (including phenoxy) is 1. The van der Waals surface area contributed by atoms with Gasteiger partial charge in [-0.3, -0.25) is 9.69 Å². The number of amides is 1. The number of carbonyl (C=O) groups is 1. The topological polar surface area (TPSA) is 32.8 Å². The lowest BCUT2D eigenvalue weighted by atomic mass is 10.1. The molecule has 1 aromatic rings. The summed E-state index contributed by atoms with van der Waals surface area (Å²) in [6.07, 6.45) is 0.360. The van der Waals surface area contributed by atoms with E-state index in [0.717, 1.165) is 25.2 Å². The molecule has 1 heterocycles. The number of halogens is 1. The van der Waals surface area contributed by atoms with E-state index in [1.165, 1.54) is 6.07 Å². The van der Waals surface area contributed by atoms with Gasteiger partial charge in [-0.15, -0.1) is 0 Å². The maximum Gasteiger partial charge on any atom is 0.251 e. The van der Waals surface area contributed by atoms with Crippen molar-refractivity contribution >= 4 is 5.91 Å². The van der Waals surface area contributed by atoms with Crippen LogP contribution in [0.4, 0.5) is 4.39 Å². The third-order valence-electron chi connectivity index (χ3n) is 3.91. The van der Waals surface area contributed by atoms with Gasteiger partial charge in [0.05, 0.1) is 0 Å². The fourth-order valence-electron chi connectivity index (χ4n) is 2.67. The summed E-state index contributed by atoms with van der Waals surface area (Å²) < 4.78 is 18.4. The number of methoxy groups -OCH3 is 1. The largest absolute Gasteiger partial charge is 0.372 e. The highest BCUT2D eigenvalue weighted by Gasteiger charge is 2.26. The van der Waals surface area contributed by atoms with Gasteiger partial charge >= 0.3 is 0 Å². The smallest absolute Gasteiger partial charge is 0.251 e. The van der Waals surface area contributed by atoms with Gasteiger partial charge in [0, 0.05) is 39.8 Å². The van der Waals surface area contributed by atoms with Crippen molar-refractivity contribution in [3.63, 3.8) is 0 Å². The van der Waals surface area contributed by atoms with E-state index in [1.807, 2.05) is 17.9 Å². The van der Waals surface area contributed by atoms with Gasteiger partial charge in [-0.2, -0.15) is 0 Å². The normalized spacial score (nSPS) is 17.8. The van der Waals surface area contributed by atoms with Crippen molar-refractivity contribution in [2.75, 3.05) is 33.3 Å². The molecule has 0 aromatic heterocycles. The summed E-state index contributed by atoms with van der Waals surface area (Å²) in [6, 6.07) is 6.68. The van der Waals surface area contributed by atoms with E-state index in [9.17, 15) is 9.18 Å². The van der Waals surface area contributed by atoms with Crippen LogP contribution in [0.5, 0.6) is 0 Å². The van der Waals surface area contributed by atoms with Crippen LogP contribution in [-0.2, 0) is 16.1 Å². The second-order valence-corrected chi connectivity index (χ2v) is 5.36. The molecule has 0 bridgehead atoms. The highest BCUT2D eigenvalue weighted by atomic mass is 19.1. The lowest BCUT2D eigenvalue weighted by molar-refractivity contribution is -0.144. The van der Waals surface area contributed by atoms with E-state index >= 15 is 0 Å². The lowest BCUT2D eigenvalue weighted by Crippen LogP contribution is -2.51. The Labute approximate surface area is 125 Å². The van der Waals surface area contributed by atoms with Gasteiger partial charge in [-0.25, -0.2) is 4.39 Å². The van der Waals surface area contributed by atoms with Crippen molar-refractivity contribution in [2.45, 2.75) is 26.0 Å². The third kappa shape index (κ3) is 4.25. The van der Waals surface area contributed by atoms with E-state index in [0.29, 0.717) is 19.5 Å². The Hall–Kier alpha value is -1.46. The minimum absolute atomic E-state index is 0.0744. The van der Waals surface area contributed by atoms with Crippen molar-refractivity contribution in [1.82, 2.24) is 9.80 Å². The van der Waals surface area contributed by atoms with Gasteiger partial charge in [-0.05, 0) is 24.1 Å². The molecule has 0 radical (unpaired) electrons. The van der Waals surface area contributed by atoms with Crippen molar-refractivity contribution < 1.29 is 13.9 Å². The van der Waals surface area contributed by atoms with E-state index in [1.54, 1.807) is 19.2 Å². The Balaban J connectivity index is 1.84. The second-order valence-electron chi connectivity index (χ2n) is 5.36. The van der Waals surface area contributed by atoms with Crippen molar-refractivity contribution in [3.05, 3.63) is 35.6 Å². The lowest BCUT2D eigenvalue weighted by Gasteiger charge is -2.36. The zero-order chi connectivity index (χ0) is 15.2. The fourth-order valence-corrected chi connectivity index (χ4v) is 2.67. The number of rotatable bonds is 5. The fraction of sp³-hybridized carbons (Fsp3) is 0.562. The first-order valence-corrected chi connectivity index (χ1v) is 7.42. The predicted octanol–water partition coefficient (Wildman–Crippen LogP) is 1.89. The maximum atomic E-state index is 13.2. The molecule has 0 unspecified atom stereocenters. The number of hydrogen-bond acceptors (Lipinski definition) is 3. The Morgan fingerprint density at radius 1 is 1.33 bits per heavy atom. The minimum Gasteiger partial charge on any atom is -0.372 e. The molecule has 0 saturated carbocycles. The summed E-state index contributed by atoms with van der Waals surface area (Å²) in [7, 11) is 1.58. The summed E-state index contributed by atoms with van der Waals surface area (Å²) in [5.41, 5.74) is 0.970. The molecular formula is C16H23FN2O2. The number of nitrogens with zero attached hydrogens (tertiary/aromatic N) is 2. The molecule has 116 valence electrons. The van der Waals surface area contributed by atoms with Crippen LogP contribution >= 0.6 is 0 Å². The zero-order valence-corrected chi connectivity index (χ0v) is 12.7. The van der Waals surface area contributed by atoms with E-state index in [4.69, 9.17) is 4.74 Å². The third-order valence-corrected chi connectivity index (χ3v) is 3.91. The Morgan fingerprint density at radius 3 is 2.62 bits per heavy atom. The molecule has 0 N–H and O–H groups in total. The predicted molar refractivity (Wildman–Crippen MR) is 79.3 cm³/mol. The molecule has 1 aromatic carbocycles. The molecule has 21 heavy (non-hydrogen) atoms. The zero-order valence-electron chi connectivity index (χ0n) is 12.7. The van der Waals surface area contributed by atoms with Crippen LogP contribution in [0, 0.1) is 5.82 Å². The van der Waals surface area contributed by atoms with Crippen molar-refractivity contribution in [2.24, 2.45) is 0 Å². The van der Waals surface area contributed by atoms with Gasteiger partial charge < -0.3 is 9.64 Å². The molecule has 5 heteroatoms. The monoisotopic (exact) mass is 294 g/mol. The van der Waals surface area contributed by atoms with Gasteiger partial charge in [0.2, 0.25) is 0 Å². The second kappa shape index (κ2) is 7.52. The SMILES string of the molecule is CC[C@H](OC)C(=O)N1CCN(Cc2cccc(F)c2)CC1. The minimum atomic E-state index is -0.334. The number of hydrogen-bond donors (Lipinski definition) is 0. The molecule has 1 atom stereocenters. The average molecular weight is 294 g/mol. The maximum absolute atomic E-state index is 13.2. The standard InChI is InChI=1S/C16H23FN2O2/c1-3-15(21-2)16(20)19-9-7-18(8-10-19)12-13-5-4-6-14(17)11-13/h4-6,11,15H,3,7-10,12H2,1-2H3/t15-/m0/s1. The summed E-state index contributed by atoms with van der Waals surface area (Å²) in [5.74, 6) is -0.127. The van der Waals surface area contributed by atoms with Crippen LogP contribution in [-0.4, -0.2) is 55.1 Å². The molecular weight excluding hydrogens is 271 g/mol. The highest BCUT2D eigenvalue weighted by molar-refractivity contribution is 5.81. The molecule has 0 aliphatic carbocycles. The summed E-state index contributed by atoms with van der Waals surface area (Å²) >= 11 is 0. The van der Waals surface area contributed by atoms with Crippen LogP contribution < -0.4 is 0 Å². The summed E-state index contributed by atoms with van der Waals surface area (Å²) in [5, 5.41) is 0. The van der Waals surface area contributed by atoms with E-state index in [-0.39, 0.29) is 17.8 Å². The van der Waals surface area contributed by atoms with Gasteiger partial charge in [0.15, 0.2) is 0 Å². The molecule has 1 amide bonds. The Bertz CT molecular complexity index is 469. The molecule has 4 nitrogen and oxygen atoms in total. The number of benzene rings is 1. The first-order valence-electron chi connectivity index (χ1n) is 7.42. The quantitative estimate of drug-likeness (QED) is 0.831. The van der Waals surface area contributed by atoms with Crippen LogP contribution in [0.1, 0.15) is 18.9 Å². The number of carbonyl (C=O) groups excluding carboxylic acids is 1. The van der Waals surface area contributed by atoms with Gasteiger partial charge in [0.1, 0.15) is 11.9 Å². The first kappa shape index (κ1) is 15.9. The summed E-state index contributed by atoms with van der Waals surface area (Å²) in [4.78, 5) is 16.3. The molecule has 1 aliphatic heterocycles. The van der Waals surface area contributed by atoms with Crippen LogP contribution in [0.2, 0.25) is 0 Å². The van der Waals surface area contributed by atoms with E-state index in [2.05, 4.69) is 4.90 Å². The van der Waals surface area contributed by atoms with Crippen molar-refractivity contribution in [1.29, 1.82) is 0 Å². The molecule has 0 spiro atoms. The Morgan fingerprint density at radius 2 is 2.05 bits per heavy atom. The van der Waals surface area contributed by atoms with Crippen LogP contribution in [0.15, 0.2) is 24.3 Å². The highest BCUT2D eigenvalue weighted by Crippen LogP contribution is 2.12. The van der Waals surface area contributed by atoms with Gasteiger partial charge in [0.25, 0.3) is 5.91 Å².